The third-order valence-electron chi connectivity index (χ3n) is 3.37. The molecular formula is C15H21N3O3. The third kappa shape index (κ3) is 5.07. The number of benzene rings is 1. The molecule has 1 fully saturated rings. The number of hydrogen-bond donors (Lipinski definition) is 3. The number of carbonyl (C=O) groups is 2. The summed E-state index contributed by atoms with van der Waals surface area (Å²) >= 11 is 0. The predicted molar refractivity (Wildman–Crippen MR) is 80.0 cm³/mol. The van der Waals surface area contributed by atoms with E-state index in [2.05, 4.69) is 10.6 Å². The summed E-state index contributed by atoms with van der Waals surface area (Å²) in [4.78, 5) is 22.5. The lowest BCUT2D eigenvalue weighted by Gasteiger charge is -2.13. The molecule has 6 heteroatoms. The quantitative estimate of drug-likeness (QED) is 0.729. The molecule has 1 saturated carbocycles. The maximum Gasteiger partial charge on any atom is 0.243 e. The second-order valence-electron chi connectivity index (χ2n) is 5.08. The van der Waals surface area contributed by atoms with Gasteiger partial charge >= 0.3 is 0 Å². The van der Waals surface area contributed by atoms with Crippen molar-refractivity contribution < 1.29 is 14.3 Å². The van der Waals surface area contributed by atoms with E-state index in [1.165, 1.54) is 12.8 Å². The van der Waals surface area contributed by atoms with Gasteiger partial charge in [0.25, 0.3) is 0 Å². The Morgan fingerprint density at radius 3 is 2.43 bits per heavy atom. The van der Waals surface area contributed by atoms with Crippen LogP contribution >= 0.6 is 0 Å². The van der Waals surface area contributed by atoms with Gasteiger partial charge in [0, 0.05) is 5.69 Å². The summed E-state index contributed by atoms with van der Waals surface area (Å²) in [5, 5.41) is 5.10. The molecule has 2 rings (SSSR count). The van der Waals surface area contributed by atoms with E-state index in [-0.39, 0.29) is 24.9 Å². The Labute approximate surface area is 124 Å². The van der Waals surface area contributed by atoms with Gasteiger partial charge in [0.15, 0.2) is 0 Å². The second-order valence-corrected chi connectivity index (χ2v) is 5.08. The SMILES string of the molecule is NCC(=O)NCC(=O)Nc1ccc(OC2CCCC2)cc1. The molecule has 21 heavy (non-hydrogen) atoms. The van der Waals surface area contributed by atoms with Crippen LogP contribution in [-0.4, -0.2) is 31.0 Å². The summed E-state index contributed by atoms with van der Waals surface area (Å²) < 4.78 is 5.85. The first kappa shape index (κ1) is 15.3. The zero-order valence-electron chi connectivity index (χ0n) is 11.9. The van der Waals surface area contributed by atoms with Crippen LogP contribution in [0.2, 0.25) is 0 Å². The van der Waals surface area contributed by atoms with Crippen molar-refractivity contribution in [2.75, 3.05) is 18.4 Å². The van der Waals surface area contributed by atoms with Gasteiger partial charge in [0.1, 0.15) is 5.75 Å². The van der Waals surface area contributed by atoms with E-state index in [1.54, 1.807) is 12.1 Å². The van der Waals surface area contributed by atoms with Crippen LogP contribution in [0.15, 0.2) is 24.3 Å². The molecule has 0 heterocycles. The number of ether oxygens (including phenoxy) is 1. The molecule has 1 aliphatic carbocycles. The molecule has 2 amide bonds. The van der Waals surface area contributed by atoms with Crippen LogP contribution in [0.5, 0.6) is 5.75 Å². The number of nitrogens with two attached hydrogens (primary N) is 1. The monoisotopic (exact) mass is 291 g/mol. The van der Waals surface area contributed by atoms with E-state index >= 15 is 0 Å². The smallest absolute Gasteiger partial charge is 0.243 e. The summed E-state index contributed by atoms with van der Waals surface area (Å²) in [6.45, 7) is -0.211. The fraction of sp³-hybridized carbons (Fsp3) is 0.467. The minimum atomic E-state index is -0.356. The lowest BCUT2D eigenvalue weighted by Crippen LogP contribution is -2.36. The van der Waals surface area contributed by atoms with Gasteiger partial charge in [-0.1, -0.05) is 0 Å². The average Bonchev–Trinajstić information content (AvgIpc) is 3.00. The van der Waals surface area contributed by atoms with Crippen LogP contribution < -0.4 is 21.1 Å². The number of rotatable bonds is 6. The highest BCUT2D eigenvalue weighted by molar-refractivity contribution is 5.94. The van der Waals surface area contributed by atoms with Crippen LogP contribution in [0.4, 0.5) is 5.69 Å². The van der Waals surface area contributed by atoms with E-state index in [4.69, 9.17) is 10.5 Å². The largest absolute Gasteiger partial charge is 0.490 e. The van der Waals surface area contributed by atoms with E-state index in [9.17, 15) is 9.59 Å². The van der Waals surface area contributed by atoms with Gasteiger partial charge in [-0.3, -0.25) is 9.59 Å². The highest BCUT2D eigenvalue weighted by Gasteiger charge is 2.16. The molecule has 0 aliphatic heterocycles. The number of amides is 2. The molecule has 0 atom stereocenters. The topological polar surface area (TPSA) is 93.5 Å². The normalized spacial score (nSPS) is 14.7. The van der Waals surface area contributed by atoms with Crippen molar-refractivity contribution in [2.24, 2.45) is 5.73 Å². The standard InChI is InChI=1S/C15H21N3O3/c16-9-14(19)17-10-15(20)18-11-5-7-13(8-6-11)21-12-3-1-2-4-12/h5-8,12H,1-4,9-10,16H2,(H,17,19)(H,18,20). The number of nitrogens with one attached hydrogen (secondary N) is 2. The van der Waals surface area contributed by atoms with Gasteiger partial charge in [-0.2, -0.15) is 0 Å². The van der Waals surface area contributed by atoms with Crippen molar-refractivity contribution in [3.8, 4) is 5.75 Å². The van der Waals surface area contributed by atoms with Crippen LogP contribution in [0.3, 0.4) is 0 Å². The number of hydrogen-bond acceptors (Lipinski definition) is 4. The van der Waals surface area contributed by atoms with E-state index in [1.807, 2.05) is 12.1 Å². The number of carbonyl (C=O) groups excluding carboxylic acids is 2. The first-order valence-electron chi connectivity index (χ1n) is 7.20. The summed E-state index contributed by atoms with van der Waals surface area (Å²) in [6, 6.07) is 7.25. The molecule has 6 nitrogen and oxygen atoms in total. The minimum Gasteiger partial charge on any atom is -0.490 e. The molecule has 1 aromatic carbocycles. The second kappa shape index (κ2) is 7.64. The van der Waals surface area contributed by atoms with Crippen molar-refractivity contribution in [1.82, 2.24) is 5.32 Å². The highest BCUT2D eigenvalue weighted by Crippen LogP contribution is 2.24. The zero-order chi connectivity index (χ0) is 15.1. The zero-order valence-corrected chi connectivity index (χ0v) is 11.9. The first-order chi connectivity index (χ1) is 10.2. The van der Waals surface area contributed by atoms with Crippen molar-refractivity contribution in [2.45, 2.75) is 31.8 Å². The third-order valence-corrected chi connectivity index (χ3v) is 3.37. The van der Waals surface area contributed by atoms with E-state index < -0.39 is 0 Å². The summed E-state index contributed by atoms with van der Waals surface area (Å²) in [5.41, 5.74) is 5.80. The van der Waals surface area contributed by atoms with Crippen LogP contribution in [-0.2, 0) is 9.59 Å². The molecule has 0 unspecified atom stereocenters. The molecule has 0 saturated heterocycles. The molecule has 114 valence electrons. The van der Waals surface area contributed by atoms with Gasteiger partial charge in [-0.15, -0.1) is 0 Å². The average molecular weight is 291 g/mol. The van der Waals surface area contributed by atoms with E-state index in [0.29, 0.717) is 11.8 Å². The van der Waals surface area contributed by atoms with Gasteiger partial charge in [0.05, 0.1) is 19.2 Å². The Balaban J connectivity index is 1.78. The highest BCUT2D eigenvalue weighted by atomic mass is 16.5. The van der Waals surface area contributed by atoms with Gasteiger partial charge in [-0.05, 0) is 49.9 Å². The maximum absolute atomic E-state index is 11.6. The Morgan fingerprint density at radius 1 is 1.14 bits per heavy atom. The molecule has 1 aromatic rings. The lowest BCUT2D eigenvalue weighted by molar-refractivity contribution is -0.123. The van der Waals surface area contributed by atoms with Crippen LogP contribution in [0.25, 0.3) is 0 Å². The van der Waals surface area contributed by atoms with Gasteiger partial charge in [0.2, 0.25) is 11.8 Å². The van der Waals surface area contributed by atoms with Crippen molar-refractivity contribution in [1.29, 1.82) is 0 Å². The molecular weight excluding hydrogens is 270 g/mol. The molecule has 0 aromatic heterocycles. The Kier molecular flexibility index (Phi) is 5.57. The molecule has 0 spiro atoms. The van der Waals surface area contributed by atoms with E-state index in [0.717, 1.165) is 18.6 Å². The van der Waals surface area contributed by atoms with Gasteiger partial charge < -0.3 is 21.1 Å². The summed E-state index contributed by atoms with van der Waals surface area (Å²) in [5.74, 6) is 0.169. The van der Waals surface area contributed by atoms with Gasteiger partial charge in [-0.25, -0.2) is 0 Å². The van der Waals surface area contributed by atoms with Crippen LogP contribution in [0.1, 0.15) is 25.7 Å². The lowest BCUT2D eigenvalue weighted by atomic mass is 10.2. The molecule has 4 N–H and O–H groups in total. The number of anilines is 1. The minimum absolute atomic E-state index is 0.0869. The first-order valence-corrected chi connectivity index (χ1v) is 7.20. The van der Waals surface area contributed by atoms with Crippen LogP contribution in [0, 0.1) is 0 Å². The fourth-order valence-corrected chi connectivity index (χ4v) is 2.27. The predicted octanol–water partition coefficient (Wildman–Crippen LogP) is 1.02. The molecule has 1 aliphatic rings. The Bertz CT molecular complexity index is 481. The molecule has 0 bridgehead atoms. The fourth-order valence-electron chi connectivity index (χ4n) is 2.27. The maximum atomic E-state index is 11.6. The van der Waals surface area contributed by atoms with Crippen molar-refractivity contribution in [3.63, 3.8) is 0 Å². The Hall–Kier alpha value is -2.08. The summed E-state index contributed by atoms with van der Waals surface area (Å²) in [6.07, 6.45) is 5.00. The Morgan fingerprint density at radius 2 is 1.81 bits per heavy atom. The molecule has 0 radical (unpaired) electrons. The van der Waals surface area contributed by atoms with Crippen molar-refractivity contribution >= 4 is 17.5 Å². The summed E-state index contributed by atoms with van der Waals surface area (Å²) in [7, 11) is 0. The van der Waals surface area contributed by atoms with Crippen molar-refractivity contribution in [3.05, 3.63) is 24.3 Å².